The van der Waals surface area contributed by atoms with E-state index in [2.05, 4.69) is 20.7 Å². The molecule has 10 heteroatoms. The van der Waals surface area contributed by atoms with Crippen molar-refractivity contribution in [3.05, 3.63) is 59.6 Å². The highest BCUT2D eigenvalue weighted by molar-refractivity contribution is 7.98. The highest BCUT2D eigenvalue weighted by Crippen LogP contribution is 2.46. The quantitative estimate of drug-likeness (QED) is 0.649. The minimum absolute atomic E-state index is 0.103. The molecule has 0 bridgehead atoms. The number of nitrogens with one attached hydrogen (secondary N) is 2. The fourth-order valence-corrected chi connectivity index (χ4v) is 4.94. The average molecular weight is 456 g/mol. The van der Waals surface area contributed by atoms with Crippen molar-refractivity contribution in [2.24, 2.45) is 0 Å². The molecule has 2 heterocycles. The average Bonchev–Trinajstić information content (AvgIpc) is 3.10. The van der Waals surface area contributed by atoms with Gasteiger partial charge in [-0.05, 0) is 11.1 Å². The molecule has 2 aliphatic carbocycles. The molecule has 2 unspecified atom stereocenters. The molecular formula is C22H22FN5O3S. The second-order valence-corrected chi connectivity index (χ2v) is 9.26. The van der Waals surface area contributed by atoms with E-state index in [0.29, 0.717) is 18.5 Å². The van der Waals surface area contributed by atoms with Crippen LogP contribution < -0.4 is 5.32 Å². The third kappa shape index (κ3) is 4.02. The summed E-state index contributed by atoms with van der Waals surface area (Å²) in [5.74, 6) is 0.329. The van der Waals surface area contributed by atoms with Crippen molar-refractivity contribution in [3.8, 4) is 0 Å². The first-order valence-electron chi connectivity index (χ1n) is 10.3. The number of carbonyl (C=O) groups is 2. The highest BCUT2D eigenvalue weighted by atomic mass is 32.2. The van der Waals surface area contributed by atoms with Crippen molar-refractivity contribution < 1.29 is 18.7 Å². The van der Waals surface area contributed by atoms with Gasteiger partial charge in [0, 0.05) is 31.1 Å². The van der Waals surface area contributed by atoms with Crippen LogP contribution in [0.3, 0.4) is 0 Å². The van der Waals surface area contributed by atoms with Crippen molar-refractivity contribution in [3.63, 3.8) is 0 Å². The predicted octanol–water partition coefficient (Wildman–Crippen LogP) is 3.21. The second kappa shape index (κ2) is 8.09. The Balaban J connectivity index is 1.22. The Morgan fingerprint density at radius 1 is 1.41 bits per heavy atom. The van der Waals surface area contributed by atoms with Crippen LogP contribution in [0.4, 0.5) is 9.18 Å². The molecule has 0 radical (unpaired) electrons. The van der Waals surface area contributed by atoms with Gasteiger partial charge < -0.3 is 10.1 Å². The Bertz CT molecular complexity index is 1100. The Morgan fingerprint density at radius 2 is 2.22 bits per heavy atom. The number of aromatic nitrogens is 3. The molecule has 3 atom stereocenters. The van der Waals surface area contributed by atoms with Gasteiger partial charge in [0.25, 0.3) is 0 Å². The molecule has 1 saturated heterocycles. The van der Waals surface area contributed by atoms with Crippen molar-refractivity contribution in [1.82, 2.24) is 25.6 Å². The van der Waals surface area contributed by atoms with Crippen molar-refractivity contribution in [2.45, 2.75) is 48.2 Å². The van der Waals surface area contributed by atoms with Gasteiger partial charge in [0.05, 0.1) is 24.8 Å². The molecule has 1 spiro atoms. The number of benzene rings is 1. The number of allylic oxidation sites excluding steroid dienone is 2. The van der Waals surface area contributed by atoms with Gasteiger partial charge in [-0.1, -0.05) is 48.2 Å². The summed E-state index contributed by atoms with van der Waals surface area (Å²) in [5.41, 5.74) is 1.75. The number of carbonyl (C=O) groups excluding carboxylic acids is 2. The predicted molar refractivity (Wildman–Crippen MR) is 116 cm³/mol. The standard InChI is InChI=1S/C22H22FN5O3S/c1-13(29)25-19-9-22(19)12-28(21(30)31-22)16-6-7-17(18(23)8-16)15-4-2-14(3-5-15)11-32-20-10-24-27-26-20/h2-7,10,16,19H,8-9,11-12H2,1H3,(H,25,29)(H,24,26,27)/t16?,19-,22?/m1/s1. The second-order valence-electron chi connectivity index (χ2n) is 8.26. The lowest BCUT2D eigenvalue weighted by Gasteiger charge is -2.26. The maximum atomic E-state index is 15.0. The molecule has 1 saturated carbocycles. The van der Waals surface area contributed by atoms with Crippen LogP contribution in [0.5, 0.6) is 0 Å². The zero-order valence-corrected chi connectivity index (χ0v) is 18.2. The lowest BCUT2D eigenvalue weighted by Crippen LogP contribution is -2.38. The molecule has 3 aliphatic rings. The fourth-order valence-electron chi connectivity index (χ4n) is 4.20. The van der Waals surface area contributed by atoms with Gasteiger partial charge in [-0.25, -0.2) is 9.18 Å². The minimum atomic E-state index is -0.670. The molecular weight excluding hydrogens is 433 g/mol. The van der Waals surface area contributed by atoms with Crippen LogP contribution in [0.15, 0.2) is 53.5 Å². The van der Waals surface area contributed by atoms with Crippen molar-refractivity contribution in [2.75, 3.05) is 6.54 Å². The van der Waals surface area contributed by atoms with Crippen LogP contribution in [0.1, 0.15) is 30.9 Å². The summed E-state index contributed by atoms with van der Waals surface area (Å²) in [6, 6.07) is 7.18. The molecule has 166 valence electrons. The third-order valence-corrected chi connectivity index (χ3v) is 6.95. The van der Waals surface area contributed by atoms with Gasteiger partial charge in [0.1, 0.15) is 10.9 Å². The van der Waals surface area contributed by atoms with Gasteiger partial charge in [-0.2, -0.15) is 10.3 Å². The van der Waals surface area contributed by atoms with Crippen molar-refractivity contribution in [1.29, 1.82) is 0 Å². The Labute approximate surface area is 188 Å². The smallest absolute Gasteiger partial charge is 0.411 e. The van der Waals surface area contributed by atoms with E-state index in [4.69, 9.17) is 4.74 Å². The summed E-state index contributed by atoms with van der Waals surface area (Å²) in [5, 5.41) is 14.0. The van der Waals surface area contributed by atoms with Gasteiger partial charge in [0.15, 0.2) is 5.60 Å². The number of amides is 2. The summed E-state index contributed by atoms with van der Waals surface area (Å²) in [4.78, 5) is 25.2. The lowest BCUT2D eigenvalue weighted by atomic mass is 9.95. The van der Waals surface area contributed by atoms with E-state index in [0.717, 1.165) is 21.9 Å². The van der Waals surface area contributed by atoms with Crippen LogP contribution in [0.25, 0.3) is 5.57 Å². The first-order chi connectivity index (χ1) is 15.4. The van der Waals surface area contributed by atoms with Crippen LogP contribution in [-0.2, 0) is 15.3 Å². The first kappa shape index (κ1) is 20.7. The van der Waals surface area contributed by atoms with E-state index in [-0.39, 0.29) is 24.2 Å². The zero-order chi connectivity index (χ0) is 22.3. The number of hydrogen-bond donors (Lipinski definition) is 2. The van der Waals surface area contributed by atoms with Crippen LogP contribution >= 0.6 is 11.8 Å². The number of nitrogens with zero attached hydrogens (tertiary/aromatic N) is 3. The number of thioether (sulfide) groups is 1. The van der Waals surface area contributed by atoms with Crippen molar-refractivity contribution >= 4 is 29.3 Å². The molecule has 32 heavy (non-hydrogen) atoms. The number of halogens is 1. The summed E-state index contributed by atoms with van der Waals surface area (Å²) >= 11 is 1.57. The minimum Gasteiger partial charge on any atom is -0.439 e. The normalized spacial score (nSPS) is 26.6. The largest absolute Gasteiger partial charge is 0.439 e. The zero-order valence-electron chi connectivity index (χ0n) is 17.4. The maximum absolute atomic E-state index is 15.0. The van der Waals surface area contributed by atoms with E-state index in [1.807, 2.05) is 30.3 Å². The van der Waals surface area contributed by atoms with E-state index >= 15 is 4.39 Å². The van der Waals surface area contributed by atoms with Crippen LogP contribution in [-0.4, -0.2) is 56.5 Å². The van der Waals surface area contributed by atoms with E-state index in [1.165, 1.54) is 6.92 Å². The SMILES string of the molecule is CC(=O)N[C@@H]1CC12CN(C1C=CC(c3ccc(CSc4cn[nH]n4)cc3)=C(F)C1)C(=O)O2. The van der Waals surface area contributed by atoms with E-state index in [1.54, 1.807) is 28.9 Å². The molecule has 2 N–H and O–H groups in total. The molecule has 1 aliphatic heterocycles. The summed E-state index contributed by atoms with van der Waals surface area (Å²) < 4.78 is 20.6. The monoisotopic (exact) mass is 455 g/mol. The van der Waals surface area contributed by atoms with E-state index < -0.39 is 17.7 Å². The Hall–Kier alpha value is -3.14. The number of aromatic amines is 1. The molecule has 2 amide bonds. The van der Waals surface area contributed by atoms with Gasteiger partial charge >= 0.3 is 6.09 Å². The van der Waals surface area contributed by atoms with Gasteiger partial charge in [-0.15, -0.1) is 5.10 Å². The fraction of sp³-hybridized carbons (Fsp3) is 0.364. The summed E-state index contributed by atoms with van der Waals surface area (Å²) in [6.45, 7) is 1.79. The van der Waals surface area contributed by atoms with Gasteiger partial charge in [-0.3, -0.25) is 9.69 Å². The Kier molecular flexibility index (Phi) is 5.24. The molecule has 8 nitrogen and oxygen atoms in total. The summed E-state index contributed by atoms with van der Waals surface area (Å²) in [7, 11) is 0. The van der Waals surface area contributed by atoms with Gasteiger partial charge in [0.2, 0.25) is 5.91 Å². The van der Waals surface area contributed by atoms with Crippen LogP contribution in [0, 0.1) is 0 Å². The number of hydrogen-bond acceptors (Lipinski definition) is 6. The number of H-pyrrole nitrogens is 1. The third-order valence-electron chi connectivity index (χ3n) is 5.98. The lowest BCUT2D eigenvalue weighted by molar-refractivity contribution is -0.119. The first-order valence-corrected chi connectivity index (χ1v) is 11.3. The maximum Gasteiger partial charge on any atom is 0.411 e. The van der Waals surface area contributed by atoms with Crippen LogP contribution in [0.2, 0.25) is 0 Å². The molecule has 2 fully saturated rings. The molecule has 1 aromatic carbocycles. The molecule has 2 aromatic rings. The highest BCUT2D eigenvalue weighted by Gasteiger charge is 2.64. The number of rotatable bonds is 6. The van der Waals surface area contributed by atoms with E-state index in [9.17, 15) is 9.59 Å². The Morgan fingerprint density at radius 3 is 2.91 bits per heavy atom. The molecule has 1 aromatic heterocycles. The molecule has 5 rings (SSSR count). The number of ether oxygens (including phenoxy) is 1. The summed E-state index contributed by atoms with van der Waals surface area (Å²) in [6.07, 6.45) is 5.49. The topological polar surface area (TPSA) is 100 Å².